The van der Waals surface area contributed by atoms with Gasteiger partial charge in [0.15, 0.2) is 0 Å². The van der Waals surface area contributed by atoms with Crippen molar-refractivity contribution in [2.45, 2.75) is 46.0 Å². The average molecular weight is 248 g/mol. The van der Waals surface area contributed by atoms with Crippen LogP contribution < -0.4 is 0 Å². The summed E-state index contributed by atoms with van der Waals surface area (Å²) in [5.74, 6) is 0. The van der Waals surface area contributed by atoms with Gasteiger partial charge in [-0.15, -0.1) is 12.4 Å². The Hall–Kier alpha value is -0.130. The van der Waals surface area contributed by atoms with E-state index in [-0.39, 0.29) is 22.3 Å². The van der Waals surface area contributed by atoms with Gasteiger partial charge < -0.3 is 0 Å². The molecule has 1 aromatic rings. The van der Waals surface area contributed by atoms with E-state index in [1.807, 2.05) is 12.3 Å². The minimum absolute atomic E-state index is 0. The van der Waals surface area contributed by atoms with E-state index < -0.39 is 0 Å². The van der Waals surface area contributed by atoms with Crippen LogP contribution in [0.15, 0.2) is 18.3 Å². The SMILES string of the molecule is CCCCCCc1ncccc1C.Cl.P. The fourth-order valence-corrected chi connectivity index (χ4v) is 1.50. The zero-order valence-electron chi connectivity index (χ0n) is 9.83. The van der Waals surface area contributed by atoms with E-state index in [1.165, 1.54) is 36.9 Å². The van der Waals surface area contributed by atoms with Crippen LogP contribution in [0.5, 0.6) is 0 Å². The van der Waals surface area contributed by atoms with Crippen molar-refractivity contribution < 1.29 is 0 Å². The van der Waals surface area contributed by atoms with E-state index >= 15 is 0 Å². The van der Waals surface area contributed by atoms with E-state index in [9.17, 15) is 0 Å². The molecule has 0 saturated carbocycles. The van der Waals surface area contributed by atoms with Crippen LogP contribution in [0.3, 0.4) is 0 Å². The quantitative estimate of drug-likeness (QED) is 0.566. The maximum Gasteiger partial charge on any atom is 0.0432 e. The molecular formula is C12H23ClNP. The number of aryl methyl sites for hydroxylation is 2. The lowest BCUT2D eigenvalue weighted by molar-refractivity contribution is 0.659. The van der Waals surface area contributed by atoms with E-state index in [0.717, 1.165) is 6.42 Å². The second kappa shape index (κ2) is 10.4. The van der Waals surface area contributed by atoms with Crippen molar-refractivity contribution >= 4 is 22.3 Å². The molecule has 1 unspecified atom stereocenters. The maximum absolute atomic E-state index is 4.38. The molecule has 0 fully saturated rings. The molecule has 0 aromatic carbocycles. The second-order valence-electron chi connectivity index (χ2n) is 3.58. The molecule has 15 heavy (non-hydrogen) atoms. The third-order valence-electron chi connectivity index (χ3n) is 2.38. The fourth-order valence-electron chi connectivity index (χ4n) is 1.50. The summed E-state index contributed by atoms with van der Waals surface area (Å²) in [4.78, 5) is 4.38. The number of aromatic nitrogens is 1. The summed E-state index contributed by atoms with van der Waals surface area (Å²) in [7, 11) is 0. The van der Waals surface area contributed by atoms with Gasteiger partial charge in [0.2, 0.25) is 0 Å². The predicted octanol–water partition coefficient (Wildman–Crippen LogP) is 3.99. The summed E-state index contributed by atoms with van der Waals surface area (Å²) in [6.07, 6.45) is 8.32. The van der Waals surface area contributed by atoms with Gasteiger partial charge >= 0.3 is 0 Å². The topological polar surface area (TPSA) is 12.9 Å². The summed E-state index contributed by atoms with van der Waals surface area (Å²) in [5.41, 5.74) is 2.61. The maximum atomic E-state index is 4.38. The second-order valence-corrected chi connectivity index (χ2v) is 3.58. The van der Waals surface area contributed by atoms with Gasteiger partial charge in [0.05, 0.1) is 0 Å². The van der Waals surface area contributed by atoms with Crippen molar-refractivity contribution in [3.05, 3.63) is 29.6 Å². The molecule has 0 aliphatic carbocycles. The Morgan fingerprint density at radius 3 is 2.53 bits per heavy atom. The highest BCUT2D eigenvalue weighted by atomic mass is 35.5. The first-order valence-corrected chi connectivity index (χ1v) is 5.25. The Morgan fingerprint density at radius 2 is 1.93 bits per heavy atom. The molecule has 1 rings (SSSR count). The summed E-state index contributed by atoms with van der Waals surface area (Å²) < 4.78 is 0. The Kier molecular flexibility index (Phi) is 12.0. The predicted molar refractivity (Wildman–Crippen MR) is 75.2 cm³/mol. The first-order chi connectivity index (χ1) is 6.34. The first kappa shape index (κ1) is 17.3. The zero-order valence-corrected chi connectivity index (χ0v) is 12.1. The molecule has 88 valence electrons. The Balaban J connectivity index is 0. The highest BCUT2D eigenvalue weighted by Gasteiger charge is 1.97. The van der Waals surface area contributed by atoms with Gasteiger partial charge in [0, 0.05) is 11.9 Å². The van der Waals surface area contributed by atoms with E-state index in [1.54, 1.807) is 0 Å². The van der Waals surface area contributed by atoms with Crippen LogP contribution in [-0.4, -0.2) is 4.98 Å². The van der Waals surface area contributed by atoms with Crippen LogP contribution in [0.2, 0.25) is 0 Å². The molecule has 0 bridgehead atoms. The Labute approximate surface area is 103 Å². The molecule has 3 heteroatoms. The van der Waals surface area contributed by atoms with E-state index in [0.29, 0.717) is 0 Å². The average Bonchev–Trinajstić information content (AvgIpc) is 2.15. The monoisotopic (exact) mass is 247 g/mol. The largest absolute Gasteiger partial charge is 0.261 e. The number of halogens is 1. The van der Waals surface area contributed by atoms with Crippen molar-refractivity contribution in [1.29, 1.82) is 0 Å². The molecule has 0 N–H and O–H groups in total. The number of rotatable bonds is 5. The summed E-state index contributed by atoms with van der Waals surface area (Å²) >= 11 is 0. The third kappa shape index (κ3) is 6.87. The minimum Gasteiger partial charge on any atom is -0.261 e. The van der Waals surface area contributed by atoms with Crippen molar-refractivity contribution in [2.24, 2.45) is 0 Å². The molecule has 0 spiro atoms. The van der Waals surface area contributed by atoms with Crippen LogP contribution in [0.4, 0.5) is 0 Å². The molecular weight excluding hydrogens is 225 g/mol. The van der Waals surface area contributed by atoms with E-state index in [2.05, 4.69) is 24.9 Å². The lowest BCUT2D eigenvalue weighted by Crippen LogP contribution is -1.93. The molecule has 1 atom stereocenters. The molecule has 0 radical (unpaired) electrons. The van der Waals surface area contributed by atoms with Crippen LogP contribution >= 0.6 is 22.3 Å². The number of nitrogens with zero attached hydrogens (tertiary/aromatic N) is 1. The first-order valence-electron chi connectivity index (χ1n) is 5.25. The lowest BCUT2D eigenvalue weighted by Gasteiger charge is -2.03. The fraction of sp³-hybridized carbons (Fsp3) is 0.583. The number of pyridine rings is 1. The van der Waals surface area contributed by atoms with Crippen LogP contribution in [-0.2, 0) is 6.42 Å². The van der Waals surface area contributed by atoms with Gasteiger partial charge in [0.25, 0.3) is 0 Å². The van der Waals surface area contributed by atoms with Gasteiger partial charge in [0.1, 0.15) is 0 Å². The van der Waals surface area contributed by atoms with Gasteiger partial charge in [-0.05, 0) is 31.4 Å². The van der Waals surface area contributed by atoms with E-state index in [4.69, 9.17) is 0 Å². The van der Waals surface area contributed by atoms with Crippen LogP contribution in [0.1, 0.15) is 43.9 Å². The molecule has 0 aliphatic rings. The van der Waals surface area contributed by atoms with Crippen LogP contribution in [0.25, 0.3) is 0 Å². The highest BCUT2D eigenvalue weighted by molar-refractivity contribution is 6.92. The van der Waals surface area contributed by atoms with Gasteiger partial charge in [-0.2, -0.15) is 9.90 Å². The smallest absolute Gasteiger partial charge is 0.0432 e. The summed E-state index contributed by atoms with van der Waals surface area (Å²) in [5, 5.41) is 0. The standard InChI is InChI=1S/C12H19N.ClH.H3P/c1-3-4-5-6-9-12-11(2)8-7-10-13-12;;/h7-8,10H,3-6,9H2,1-2H3;1H;1H3. The Morgan fingerprint density at radius 1 is 1.20 bits per heavy atom. The van der Waals surface area contributed by atoms with Gasteiger partial charge in [-0.25, -0.2) is 0 Å². The zero-order chi connectivity index (χ0) is 9.52. The molecule has 1 nitrogen and oxygen atoms in total. The van der Waals surface area contributed by atoms with Gasteiger partial charge in [-0.3, -0.25) is 4.98 Å². The minimum atomic E-state index is 0. The Bertz CT molecular complexity index is 253. The number of hydrogen-bond acceptors (Lipinski definition) is 1. The lowest BCUT2D eigenvalue weighted by atomic mass is 10.1. The molecule has 0 aliphatic heterocycles. The van der Waals surface area contributed by atoms with Crippen molar-refractivity contribution in [3.63, 3.8) is 0 Å². The van der Waals surface area contributed by atoms with Crippen molar-refractivity contribution in [2.75, 3.05) is 0 Å². The molecule has 1 heterocycles. The van der Waals surface area contributed by atoms with Gasteiger partial charge in [-0.1, -0.05) is 32.3 Å². The molecule has 1 aromatic heterocycles. The highest BCUT2D eigenvalue weighted by Crippen LogP contribution is 2.09. The molecule has 0 amide bonds. The van der Waals surface area contributed by atoms with Crippen LogP contribution in [0, 0.1) is 6.92 Å². The third-order valence-corrected chi connectivity index (χ3v) is 2.38. The van der Waals surface area contributed by atoms with Crippen molar-refractivity contribution in [3.8, 4) is 0 Å². The summed E-state index contributed by atoms with van der Waals surface area (Å²) in [6.45, 7) is 4.38. The number of hydrogen-bond donors (Lipinski definition) is 0. The van der Waals surface area contributed by atoms with Crippen molar-refractivity contribution in [1.82, 2.24) is 4.98 Å². The summed E-state index contributed by atoms with van der Waals surface area (Å²) in [6, 6.07) is 4.15. The molecule has 0 saturated heterocycles. The number of unbranched alkanes of at least 4 members (excludes halogenated alkanes) is 3. The normalized spacial score (nSPS) is 8.93.